The lowest BCUT2D eigenvalue weighted by Crippen LogP contribution is -2.40. The fourth-order valence-electron chi connectivity index (χ4n) is 2.76. The molecular formula is C15H19BrFNO. The second-order valence-corrected chi connectivity index (χ2v) is 6.91. The Kier molecular flexibility index (Phi) is 4.29. The third kappa shape index (κ3) is 3.78. The van der Waals surface area contributed by atoms with Gasteiger partial charge >= 0.3 is 0 Å². The topological polar surface area (TPSA) is 29.1 Å². The Morgan fingerprint density at radius 2 is 2.21 bits per heavy atom. The van der Waals surface area contributed by atoms with Crippen LogP contribution in [0.4, 0.5) is 4.39 Å². The molecule has 0 heterocycles. The van der Waals surface area contributed by atoms with Crippen LogP contribution in [0.1, 0.15) is 49.9 Å². The molecule has 1 unspecified atom stereocenters. The molecule has 1 amide bonds. The Balaban J connectivity index is 2.06. The third-order valence-electron chi connectivity index (χ3n) is 3.71. The third-order valence-corrected chi connectivity index (χ3v) is 4.40. The predicted octanol–water partition coefficient (Wildman–Crippen LogP) is 4.29. The molecule has 4 heteroatoms. The minimum Gasteiger partial charge on any atom is -0.349 e. The summed E-state index contributed by atoms with van der Waals surface area (Å²) >= 11 is 3.29. The number of hydrogen-bond acceptors (Lipinski definition) is 1. The van der Waals surface area contributed by atoms with Crippen molar-refractivity contribution in [2.24, 2.45) is 5.41 Å². The Bertz CT molecular complexity index is 487. The van der Waals surface area contributed by atoms with Gasteiger partial charge in [0.1, 0.15) is 5.82 Å². The van der Waals surface area contributed by atoms with Crippen LogP contribution in [0.15, 0.2) is 22.7 Å². The van der Waals surface area contributed by atoms with Gasteiger partial charge in [-0.2, -0.15) is 0 Å². The van der Waals surface area contributed by atoms with Gasteiger partial charge in [-0.15, -0.1) is 0 Å². The largest absolute Gasteiger partial charge is 0.349 e. The zero-order valence-corrected chi connectivity index (χ0v) is 12.9. The van der Waals surface area contributed by atoms with Gasteiger partial charge in [-0.1, -0.05) is 20.3 Å². The maximum Gasteiger partial charge on any atom is 0.252 e. The highest BCUT2D eigenvalue weighted by Crippen LogP contribution is 2.35. The predicted molar refractivity (Wildman–Crippen MR) is 77.6 cm³/mol. The first-order chi connectivity index (χ1) is 8.87. The average Bonchev–Trinajstić information content (AvgIpc) is 2.31. The molecule has 104 valence electrons. The van der Waals surface area contributed by atoms with E-state index in [1.54, 1.807) is 6.07 Å². The summed E-state index contributed by atoms with van der Waals surface area (Å²) in [5.41, 5.74) is 0.637. The molecule has 19 heavy (non-hydrogen) atoms. The Morgan fingerprint density at radius 1 is 1.47 bits per heavy atom. The molecule has 1 fully saturated rings. The number of carbonyl (C=O) groups is 1. The van der Waals surface area contributed by atoms with E-state index in [0.717, 1.165) is 19.3 Å². The first-order valence-electron chi connectivity index (χ1n) is 6.63. The molecule has 0 spiro atoms. The van der Waals surface area contributed by atoms with Crippen LogP contribution in [0, 0.1) is 11.2 Å². The summed E-state index contributed by atoms with van der Waals surface area (Å²) in [7, 11) is 0. The normalized spacial score (nSPS) is 22.0. The molecule has 1 aromatic carbocycles. The summed E-state index contributed by atoms with van der Waals surface area (Å²) in [6.45, 7) is 4.45. The van der Waals surface area contributed by atoms with E-state index >= 15 is 0 Å². The van der Waals surface area contributed by atoms with Gasteiger partial charge in [-0.25, -0.2) is 4.39 Å². The van der Waals surface area contributed by atoms with E-state index in [4.69, 9.17) is 0 Å². The molecule has 2 nitrogen and oxygen atoms in total. The lowest BCUT2D eigenvalue weighted by molar-refractivity contribution is 0.0901. The van der Waals surface area contributed by atoms with E-state index < -0.39 is 5.82 Å². The number of halogens is 2. The van der Waals surface area contributed by atoms with E-state index in [2.05, 4.69) is 35.1 Å². The highest BCUT2D eigenvalue weighted by Gasteiger charge is 2.29. The van der Waals surface area contributed by atoms with Gasteiger partial charge in [0.25, 0.3) is 5.91 Å². The van der Waals surface area contributed by atoms with E-state index in [1.165, 1.54) is 18.6 Å². The molecule has 0 aromatic heterocycles. The highest BCUT2D eigenvalue weighted by molar-refractivity contribution is 9.10. The smallest absolute Gasteiger partial charge is 0.252 e. The molecule has 0 saturated heterocycles. The Morgan fingerprint density at radius 3 is 2.89 bits per heavy atom. The first kappa shape index (κ1) is 14.5. The highest BCUT2D eigenvalue weighted by atomic mass is 79.9. The SMILES string of the molecule is CC1(C)CCCC(NC(=O)c2cc(F)ccc2Br)C1. The summed E-state index contributed by atoms with van der Waals surface area (Å²) < 4.78 is 13.8. The number of rotatable bonds is 2. The van der Waals surface area contributed by atoms with Crippen molar-refractivity contribution in [2.45, 2.75) is 45.6 Å². The molecule has 1 aromatic rings. The molecular weight excluding hydrogens is 309 g/mol. The van der Waals surface area contributed by atoms with Gasteiger partial charge in [0, 0.05) is 10.5 Å². The van der Waals surface area contributed by atoms with Crippen molar-refractivity contribution in [2.75, 3.05) is 0 Å². The summed E-state index contributed by atoms with van der Waals surface area (Å²) in [6, 6.07) is 4.36. The van der Waals surface area contributed by atoms with Gasteiger partial charge in [-0.3, -0.25) is 4.79 Å². The van der Waals surface area contributed by atoms with Crippen LogP contribution in [-0.2, 0) is 0 Å². The summed E-state index contributed by atoms with van der Waals surface area (Å²) in [6.07, 6.45) is 4.30. The average molecular weight is 328 g/mol. The summed E-state index contributed by atoms with van der Waals surface area (Å²) in [5.74, 6) is -0.591. The van der Waals surface area contributed by atoms with Gasteiger partial charge in [-0.05, 0) is 58.8 Å². The number of carbonyl (C=O) groups excluding carboxylic acids is 1. The van der Waals surface area contributed by atoms with E-state index in [1.807, 2.05) is 0 Å². The summed E-state index contributed by atoms with van der Waals surface area (Å²) in [5, 5.41) is 3.02. The fraction of sp³-hybridized carbons (Fsp3) is 0.533. The van der Waals surface area contributed by atoms with Crippen molar-refractivity contribution < 1.29 is 9.18 Å². The molecule has 1 atom stereocenters. The molecule has 1 N–H and O–H groups in total. The Labute approximate surface area is 121 Å². The van der Waals surface area contributed by atoms with Crippen LogP contribution >= 0.6 is 15.9 Å². The van der Waals surface area contributed by atoms with Crippen LogP contribution in [0.3, 0.4) is 0 Å². The number of benzene rings is 1. The fourth-order valence-corrected chi connectivity index (χ4v) is 3.18. The maximum atomic E-state index is 13.2. The van der Waals surface area contributed by atoms with Crippen molar-refractivity contribution >= 4 is 21.8 Å². The number of hydrogen-bond donors (Lipinski definition) is 1. The van der Waals surface area contributed by atoms with Crippen LogP contribution < -0.4 is 5.32 Å². The van der Waals surface area contributed by atoms with Gasteiger partial charge < -0.3 is 5.32 Å². The molecule has 1 aliphatic rings. The second kappa shape index (κ2) is 5.61. The van der Waals surface area contributed by atoms with Crippen LogP contribution in [0.25, 0.3) is 0 Å². The monoisotopic (exact) mass is 327 g/mol. The van der Waals surface area contributed by atoms with Crippen molar-refractivity contribution in [3.05, 3.63) is 34.1 Å². The molecule has 0 radical (unpaired) electrons. The zero-order chi connectivity index (χ0) is 14.0. The minimum atomic E-state index is -0.391. The van der Waals surface area contributed by atoms with E-state index in [0.29, 0.717) is 10.0 Å². The van der Waals surface area contributed by atoms with Crippen molar-refractivity contribution in [1.82, 2.24) is 5.32 Å². The zero-order valence-electron chi connectivity index (χ0n) is 11.3. The molecule has 0 bridgehead atoms. The Hall–Kier alpha value is -0.900. The minimum absolute atomic E-state index is 0.186. The van der Waals surface area contributed by atoms with E-state index in [-0.39, 0.29) is 17.4 Å². The maximum absolute atomic E-state index is 13.2. The van der Waals surface area contributed by atoms with Gasteiger partial charge in [0.2, 0.25) is 0 Å². The lowest BCUT2D eigenvalue weighted by Gasteiger charge is -2.35. The van der Waals surface area contributed by atoms with Gasteiger partial charge in [0.05, 0.1) is 5.56 Å². The molecule has 1 aliphatic carbocycles. The van der Waals surface area contributed by atoms with Crippen molar-refractivity contribution in [3.8, 4) is 0 Å². The molecule has 1 saturated carbocycles. The summed E-state index contributed by atoms with van der Waals surface area (Å²) in [4.78, 5) is 12.2. The van der Waals surface area contributed by atoms with Crippen molar-refractivity contribution in [3.63, 3.8) is 0 Å². The number of amides is 1. The van der Waals surface area contributed by atoms with E-state index in [9.17, 15) is 9.18 Å². The van der Waals surface area contributed by atoms with Crippen LogP contribution in [0.2, 0.25) is 0 Å². The number of nitrogens with one attached hydrogen (secondary N) is 1. The van der Waals surface area contributed by atoms with Crippen LogP contribution in [-0.4, -0.2) is 11.9 Å². The quantitative estimate of drug-likeness (QED) is 0.862. The first-order valence-corrected chi connectivity index (χ1v) is 7.43. The molecule has 0 aliphatic heterocycles. The van der Waals surface area contributed by atoms with Crippen molar-refractivity contribution in [1.29, 1.82) is 0 Å². The lowest BCUT2D eigenvalue weighted by atomic mass is 9.75. The van der Waals surface area contributed by atoms with Gasteiger partial charge in [0.15, 0.2) is 0 Å². The van der Waals surface area contributed by atoms with Crippen LogP contribution in [0.5, 0.6) is 0 Å². The second-order valence-electron chi connectivity index (χ2n) is 6.06. The molecule has 2 rings (SSSR count). The standard InChI is InChI=1S/C15H19BrFNO/c1-15(2)7-3-4-11(9-15)18-14(19)12-8-10(17)5-6-13(12)16/h5-6,8,11H,3-4,7,9H2,1-2H3,(H,18,19).